The minimum Gasteiger partial charge on any atom is -0.496 e. The maximum Gasteiger partial charge on any atom is 0.266 e. The van der Waals surface area contributed by atoms with Crippen molar-refractivity contribution in [1.29, 1.82) is 0 Å². The van der Waals surface area contributed by atoms with Crippen LogP contribution >= 0.6 is 0 Å². The topological polar surface area (TPSA) is 61.4 Å². The van der Waals surface area contributed by atoms with Crippen molar-refractivity contribution in [2.24, 2.45) is 7.05 Å². The number of fused-ring (bicyclic) bond motifs is 1. The second kappa shape index (κ2) is 5.90. The number of rotatable bonds is 3. The Morgan fingerprint density at radius 2 is 1.76 bits per heavy atom. The number of methoxy groups -OCH3 is 1. The Balaban J connectivity index is 2.08. The standard InChI is InChI=1S/C19H16N4O2/c1-22-17(24)11-10-14(20-22)18-15-8-5-6-12-23(15)21-19(18)13-7-3-4-9-16(13)25-2/h3-12H,1-2H3. The molecule has 0 bridgehead atoms. The van der Waals surface area contributed by atoms with E-state index in [9.17, 15) is 4.79 Å². The average molecular weight is 332 g/mol. The summed E-state index contributed by atoms with van der Waals surface area (Å²) >= 11 is 0. The summed E-state index contributed by atoms with van der Waals surface area (Å²) < 4.78 is 8.64. The molecule has 4 rings (SSSR count). The molecule has 4 aromatic rings. The summed E-state index contributed by atoms with van der Waals surface area (Å²) in [6, 6.07) is 16.8. The first kappa shape index (κ1) is 15.1. The molecule has 124 valence electrons. The number of nitrogens with zero attached hydrogens (tertiary/aromatic N) is 4. The third-order valence-electron chi connectivity index (χ3n) is 4.12. The molecule has 0 aliphatic heterocycles. The molecule has 0 amide bonds. The fraction of sp³-hybridized carbons (Fsp3) is 0.105. The van der Waals surface area contributed by atoms with Crippen LogP contribution in [0.4, 0.5) is 0 Å². The molecule has 0 fully saturated rings. The van der Waals surface area contributed by atoms with E-state index < -0.39 is 0 Å². The Kier molecular flexibility index (Phi) is 3.57. The van der Waals surface area contributed by atoms with Gasteiger partial charge in [-0.15, -0.1) is 0 Å². The number of hydrogen-bond acceptors (Lipinski definition) is 4. The molecule has 0 saturated carbocycles. The van der Waals surface area contributed by atoms with Crippen LogP contribution in [0.15, 0.2) is 65.6 Å². The highest BCUT2D eigenvalue weighted by molar-refractivity contribution is 5.92. The molecule has 0 N–H and O–H groups in total. The predicted molar refractivity (Wildman–Crippen MR) is 95.7 cm³/mol. The summed E-state index contributed by atoms with van der Waals surface area (Å²) in [7, 11) is 3.28. The van der Waals surface area contributed by atoms with Crippen LogP contribution in [0, 0.1) is 0 Å². The zero-order chi connectivity index (χ0) is 17.4. The van der Waals surface area contributed by atoms with E-state index in [0.717, 1.165) is 28.1 Å². The lowest BCUT2D eigenvalue weighted by Gasteiger charge is -2.08. The molecule has 3 heterocycles. The molecule has 0 radical (unpaired) electrons. The number of benzene rings is 1. The van der Waals surface area contributed by atoms with E-state index in [4.69, 9.17) is 9.84 Å². The van der Waals surface area contributed by atoms with Crippen LogP contribution in [0.5, 0.6) is 5.75 Å². The van der Waals surface area contributed by atoms with Crippen molar-refractivity contribution in [1.82, 2.24) is 19.4 Å². The van der Waals surface area contributed by atoms with E-state index in [1.54, 1.807) is 20.2 Å². The first-order chi connectivity index (χ1) is 12.2. The molecule has 0 unspecified atom stereocenters. The van der Waals surface area contributed by atoms with Gasteiger partial charge in [0.1, 0.15) is 11.4 Å². The second-order valence-electron chi connectivity index (χ2n) is 5.63. The molecule has 25 heavy (non-hydrogen) atoms. The minimum absolute atomic E-state index is 0.154. The van der Waals surface area contributed by atoms with Crippen molar-refractivity contribution in [3.63, 3.8) is 0 Å². The first-order valence-electron chi connectivity index (χ1n) is 7.84. The van der Waals surface area contributed by atoms with E-state index in [2.05, 4.69) is 5.10 Å². The Bertz CT molecular complexity index is 1130. The largest absolute Gasteiger partial charge is 0.496 e. The SMILES string of the molecule is COc1ccccc1-c1nn2ccccc2c1-c1ccc(=O)n(C)n1. The van der Waals surface area contributed by atoms with Crippen molar-refractivity contribution in [2.75, 3.05) is 7.11 Å². The lowest BCUT2D eigenvalue weighted by molar-refractivity contribution is 0.416. The maximum absolute atomic E-state index is 11.7. The number of aryl methyl sites for hydroxylation is 1. The van der Waals surface area contributed by atoms with Gasteiger partial charge < -0.3 is 4.74 Å². The van der Waals surface area contributed by atoms with Gasteiger partial charge in [0.05, 0.1) is 23.9 Å². The van der Waals surface area contributed by atoms with Gasteiger partial charge in [-0.2, -0.15) is 10.2 Å². The van der Waals surface area contributed by atoms with E-state index in [1.165, 1.54) is 10.7 Å². The van der Waals surface area contributed by atoms with Crippen molar-refractivity contribution in [3.05, 3.63) is 71.1 Å². The first-order valence-corrected chi connectivity index (χ1v) is 7.84. The Labute approximate surface area is 143 Å². The molecule has 3 aromatic heterocycles. The highest BCUT2D eigenvalue weighted by Crippen LogP contribution is 2.37. The normalized spacial score (nSPS) is 11.0. The Hall–Kier alpha value is -3.41. The van der Waals surface area contributed by atoms with Gasteiger partial charge >= 0.3 is 0 Å². The Morgan fingerprint density at radius 1 is 0.960 bits per heavy atom. The average Bonchev–Trinajstić information content (AvgIpc) is 3.03. The predicted octanol–water partition coefficient (Wildman–Crippen LogP) is 2.77. The molecule has 0 spiro atoms. The van der Waals surface area contributed by atoms with Gasteiger partial charge in [0.25, 0.3) is 5.56 Å². The van der Waals surface area contributed by atoms with Gasteiger partial charge in [-0.05, 0) is 30.3 Å². The van der Waals surface area contributed by atoms with E-state index in [1.807, 2.05) is 53.2 Å². The third-order valence-corrected chi connectivity index (χ3v) is 4.12. The molecule has 0 saturated heterocycles. The smallest absolute Gasteiger partial charge is 0.266 e. The number of ether oxygens (including phenoxy) is 1. The van der Waals surface area contributed by atoms with Crippen molar-refractivity contribution in [2.45, 2.75) is 0 Å². The fourth-order valence-electron chi connectivity index (χ4n) is 2.92. The van der Waals surface area contributed by atoms with Gasteiger partial charge in [0, 0.05) is 24.9 Å². The Morgan fingerprint density at radius 3 is 2.56 bits per heavy atom. The number of pyridine rings is 1. The van der Waals surface area contributed by atoms with Crippen LogP contribution in [0.2, 0.25) is 0 Å². The minimum atomic E-state index is -0.154. The molecular weight excluding hydrogens is 316 g/mol. The summed E-state index contributed by atoms with van der Waals surface area (Å²) in [5.41, 5.74) is 3.94. The summed E-state index contributed by atoms with van der Waals surface area (Å²) in [6.07, 6.45) is 1.89. The molecule has 0 atom stereocenters. The van der Waals surface area contributed by atoms with Gasteiger partial charge in [-0.3, -0.25) is 4.79 Å². The maximum atomic E-state index is 11.7. The van der Waals surface area contributed by atoms with E-state index in [-0.39, 0.29) is 5.56 Å². The van der Waals surface area contributed by atoms with Crippen LogP contribution in [-0.4, -0.2) is 26.5 Å². The fourth-order valence-corrected chi connectivity index (χ4v) is 2.92. The monoisotopic (exact) mass is 332 g/mol. The summed E-state index contributed by atoms with van der Waals surface area (Å²) in [5.74, 6) is 0.733. The van der Waals surface area contributed by atoms with Gasteiger partial charge in [-0.1, -0.05) is 18.2 Å². The number of hydrogen-bond donors (Lipinski definition) is 0. The molecular formula is C19H16N4O2. The third kappa shape index (κ3) is 2.48. The van der Waals surface area contributed by atoms with Gasteiger partial charge in [0.15, 0.2) is 0 Å². The highest BCUT2D eigenvalue weighted by atomic mass is 16.5. The molecule has 0 aliphatic rings. The van der Waals surface area contributed by atoms with Crippen LogP contribution in [-0.2, 0) is 7.05 Å². The van der Waals surface area contributed by atoms with Crippen molar-refractivity contribution < 1.29 is 4.74 Å². The van der Waals surface area contributed by atoms with Crippen molar-refractivity contribution >= 4 is 5.52 Å². The lowest BCUT2D eigenvalue weighted by atomic mass is 10.0. The number of para-hydroxylation sites is 1. The van der Waals surface area contributed by atoms with Gasteiger partial charge in [0.2, 0.25) is 0 Å². The summed E-state index contributed by atoms with van der Waals surface area (Å²) in [4.78, 5) is 11.7. The number of aromatic nitrogens is 4. The van der Waals surface area contributed by atoms with Crippen molar-refractivity contribution in [3.8, 4) is 28.3 Å². The van der Waals surface area contributed by atoms with E-state index in [0.29, 0.717) is 5.69 Å². The zero-order valence-corrected chi connectivity index (χ0v) is 13.9. The zero-order valence-electron chi connectivity index (χ0n) is 13.9. The summed E-state index contributed by atoms with van der Waals surface area (Å²) in [5, 5.41) is 9.15. The van der Waals surface area contributed by atoms with Crippen LogP contribution in [0.1, 0.15) is 0 Å². The molecule has 6 nitrogen and oxygen atoms in total. The molecule has 1 aromatic carbocycles. The second-order valence-corrected chi connectivity index (χ2v) is 5.63. The molecule has 0 aliphatic carbocycles. The highest BCUT2D eigenvalue weighted by Gasteiger charge is 2.20. The van der Waals surface area contributed by atoms with Crippen LogP contribution in [0.3, 0.4) is 0 Å². The van der Waals surface area contributed by atoms with Crippen LogP contribution < -0.4 is 10.3 Å². The summed E-state index contributed by atoms with van der Waals surface area (Å²) in [6.45, 7) is 0. The quantitative estimate of drug-likeness (QED) is 0.579. The van der Waals surface area contributed by atoms with Crippen LogP contribution in [0.25, 0.3) is 28.0 Å². The molecule has 6 heteroatoms. The van der Waals surface area contributed by atoms with Gasteiger partial charge in [-0.25, -0.2) is 9.20 Å². The van der Waals surface area contributed by atoms with E-state index >= 15 is 0 Å². The lowest BCUT2D eigenvalue weighted by Crippen LogP contribution is -2.18.